The predicted octanol–water partition coefficient (Wildman–Crippen LogP) is 2.98. The summed E-state index contributed by atoms with van der Waals surface area (Å²) in [6.07, 6.45) is 3.25. The molecule has 0 saturated carbocycles. The van der Waals surface area contributed by atoms with Crippen molar-refractivity contribution in [2.75, 3.05) is 48.8 Å². The van der Waals surface area contributed by atoms with Crippen molar-refractivity contribution in [3.63, 3.8) is 0 Å². The van der Waals surface area contributed by atoms with Crippen LogP contribution < -0.4 is 20.3 Å². The SMILES string of the molecule is COc1cccc(NC(=O)N2CCN(c3cc(Nc4ccccn4)ncn3)CC2)c1. The molecule has 0 atom stereocenters. The van der Waals surface area contributed by atoms with Gasteiger partial charge in [-0.15, -0.1) is 0 Å². The van der Waals surface area contributed by atoms with Crippen molar-refractivity contribution in [3.05, 3.63) is 61.1 Å². The molecule has 2 amide bonds. The molecular formula is C21H23N7O2. The minimum absolute atomic E-state index is 0.122. The van der Waals surface area contributed by atoms with Gasteiger partial charge in [-0.05, 0) is 24.3 Å². The monoisotopic (exact) mass is 405 g/mol. The lowest BCUT2D eigenvalue weighted by atomic mass is 10.3. The van der Waals surface area contributed by atoms with Crippen LogP contribution in [0.1, 0.15) is 0 Å². The smallest absolute Gasteiger partial charge is 0.321 e. The van der Waals surface area contributed by atoms with Gasteiger partial charge in [-0.3, -0.25) is 0 Å². The molecule has 0 spiro atoms. The van der Waals surface area contributed by atoms with Gasteiger partial charge in [0.2, 0.25) is 0 Å². The van der Waals surface area contributed by atoms with Crippen LogP contribution >= 0.6 is 0 Å². The molecule has 4 rings (SSSR count). The Hall–Kier alpha value is -3.88. The van der Waals surface area contributed by atoms with E-state index >= 15 is 0 Å². The first-order chi connectivity index (χ1) is 14.7. The zero-order valence-corrected chi connectivity index (χ0v) is 16.7. The number of piperazine rings is 1. The molecule has 3 heterocycles. The highest BCUT2D eigenvalue weighted by atomic mass is 16.5. The van der Waals surface area contributed by atoms with Crippen molar-refractivity contribution >= 4 is 29.2 Å². The van der Waals surface area contributed by atoms with E-state index in [9.17, 15) is 4.79 Å². The summed E-state index contributed by atoms with van der Waals surface area (Å²) >= 11 is 0. The molecule has 1 saturated heterocycles. The number of anilines is 4. The Morgan fingerprint density at radius 3 is 2.60 bits per heavy atom. The standard InChI is InChI=1S/C21H23N7O2/c1-30-17-6-4-5-16(13-17)25-21(29)28-11-9-27(10-12-28)20-14-19(23-15-24-20)26-18-7-2-3-8-22-18/h2-8,13-15H,9-12H2,1H3,(H,25,29)(H,22,23,24,26). The third kappa shape index (κ3) is 4.75. The number of rotatable bonds is 5. The van der Waals surface area contributed by atoms with Crippen LogP contribution in [0.4, 0.5) is 27.9 Å². The summed E-state index contributed by atoms with van der Waals surface area (Å²) in [5.41, 5.74) is 0.711. The summed E-state index contributed by atoms with van der Waals surface area (Å²) in [5, 5.41) is 6.10. The predicted molar refractivity (Wildman–Crippen MR) is 115 cm³/mol. The Labute approximate surface area is 174 Å². The number of hydrogen-bond acceptors (Lipinski definition) is 7. The van der Waals surface area contributed by atoms with E-state index in [1.165, 1.54) is 6.33 Å². The third-order valence-electron chi connectivity index (χ3n) is 4.79. The summed E-state index contributed by atoms with van der Waals surface area (Å²) in [5.74, 6) is 2.92. The maximum Gasteiger partial charge on any atom is 0.321 e. The number of urea groups is 1. The molecule has 0 unspecified atom stereocenters. The van der Waals surface area contributed by atoms with Crippen LogP contribution in [-0.4, -0.2) is 59.2 Å². The second-order valence-corrected chi connectivity index (χ2v) is 6.74. The topological polar surface area (TPSA) is 95.5 Å². The molecule has 0 radical (unpaired) electrons. The fourth-order valence-electron chi connectivity index (χ4n) is 3.20. The van der Waals surface area contributed by atoms with Gasteiger partial charge < -0.3 is 25.2 Å². The zero-order chi connectivity index (χ0) is 20.8. The first-order valence-electron chi connectivity index (χ1n) is 9.66. The van der Waals surface area contributed by atoms with Gasteiger partial charge in [0.25, 0.3) is 0 Å². The van der Waals surface area contributed by atoms with E-state index in [1.807, 2.05) is 42.5 Å². The Morgan fingerprint density at radius 1 is 0.967 bits per heavy atom. The van der Waals surface area contributed by atoms with Gasteiger partial charge in [0.05, 0.1) is 7.11 Å². The Morgan fingerprint density at radius 2 is 1.83 bits per heavy atom. The average molecular weight is 405 g/mol. The van der Waals surface area contributed by atoms with E-state index in [2.05, 4.69) is 30.5 Å². The molecule has 0 aliphatic carbocycles. The lowest BCUT2D eigenvalue weighted by molar-refractivity contribution is 0.208. The van der Waals surface area contributed by atoms with Crippen molar-refractivity contribution in [1.82, 2.24) is 19.9 Å². The second kappa shape index (κ2) is 9.08. The fraction of sp³-hybridized carbons (Fsp3) is 0.238. The van der Waals surface area contributed by atoms with E-state index < -0.39 is 0 Å². The molecule has 0 bridgehead atoms. The van der Waals surface area contributed by atoms with Gasteiger partial charge >= 0.3 is 6.03 Å². The normalized spacial score (nSPS) is 13.6. The summed E-state index contributed by atoms with van der Waals surface area (Å²) in [4.78, 5) is 29.4. The third-order valence-corrected chi connectivity index (χ3v) is 4.79. The number of carbonyl (C=O) groups excluding carboxylic acids is 1. The van der Waals surface area contributed by atoms with Gasteiger partial charge in [-0.1, -0.05) is 12.1 Å². The number of pyridine rings is 1. The van der Waals surface area contributed by atoms with Gasteiger partial charge in [0, 0.05) is 50.2 Å². The molecule has 1 fully saturated rings. The van der Waals surface area contributed by atoms with Crippen molar-refractivity contribution in [2.24, 2.45) is 0 Å². The van der Waals surface area contributed by atoms with Crippen molar-refractivity contribution in [3.8, 4) is 5.75 Å². The lowest BCUT2D eigenvalue weighted by Crippen LogP contribution is -2.50. The number of nitrogens with zero attached hydrogens (tertiary/aromatic N) is 5. The second-order valence-electron chi connectivity index (χ2n) is 6.74. The molecule has 1 aliphatic rings. The van der Waals surface area contributed by atoms with E-state index in [1.54, 1.807) is 24.3 Å². The van der Waals surface area contributed by atoms with Crippen LogP contribution in [-0.2, 0) is 0 Å². The summed E-state index contributed by atoms with van der Waals surface area (Å²) in [7, 11) is 1.60. The number of amides is 2. The number of ether oxygens (including phenoxy) is 1. The van der Waals surface area contributed by atoms with Crippen molar-refractivity contribution in [1.29, 1.82) is 0 Å². The number of nitrogens with one attached hydrogen (secondary N) is 2. The highest BCUT2D eigenvalue weighted by Gasteiger charge is 2.22. The van der Waals surface area contributed by atoms with E-state index in [4.69, 9.17) is 4.74 Å². The molecule has 9 heteroatoms. The number of hydrogen-bond donors (Lipinski definition) is 2. The number of benzene rings is 1. The molecule has 154 valence electrons. The molecule has 2 aromatic heterocycles. The maximum atomic E-state index is 12.6. The molecule has 3 aromatic rings. The molecule has 1 aromatic carbocycles. The summed E-state index contributed by atoms with van der Waals surface area (Å²) in [6, 6.07) is 14.7. The number of carbonyl (C=O) groups is 1. The fourth-order valence-corrected chi connectivity index (χ4v) is 3.20. The summed E-state index contributed by atoms with van der Waals surface area (Å²) < 4.78 is 5.20. The lowest BCUT2D eigenvalue weighted by Gasteiger charge is -2.35. The Kier molecular flexibility index (Phi) is 5.88. The average Bonchev–Trinajstić information content (AvgIpc) is 2.80. The Bertz CT molecular complexity index is 991. The van der Waals surface area contributed by atoms with Crippen LogP contribution in [0.2, 0.25) is 0 Å². The highest BCUT2D eigenvalue weighted by molar-refractivity contribution is 5.89. The van der Waals surface area contributed by atoms with Crippen LogP contribution in [0.3, 0.4) is 0 Å². The molecule has 30 heavy (non-hydrogen) atoms. The quantitative estimate of drug-likeness (QED) is 0.674. The van der Waals surface area contributed by atoms with E-state index in [0.717, 1.165) is 11.6 Å². The van der Waals surface area contributed by atoms with Gasteiger partial charge in [-0.25, -0.2) is 19.7 Å². The van der Waals surface area contributed by atoms with Crippen molar-refractivity contribution < 1.29 is 9.53 Å². The minimum atomic E-state index is -0.122. The number of aromatic nitrogens is 3. The Balaban J connectivity index is 1.34. The first kappa shape index (κ1) is 19.4. The van der Waals surface area contributed by atoms with Gasteiger partial charge in [0.1, 0.15) is 29.5 Å². The van der Waals surface area contributed by atoms with E-state index in [0.29, 0.717) is 43.4 Å². The minimum Gasteiger partial charge on any atom is -0.497 e. The first-order valence-corrected chi connectivity index (χ1v) is 9.66. The number of methoxy groups -OCH3 is 1. The molecule has 9 nitrogen and oxygen atoms in total. The molecular weight excluding hydrogens is 382 g/mol. The molecule has 1 aliphatic heterocycles. The van der Waals surface area contributed by atoms with Crippen LogP contribution in [0.15, 0.2) is 61.1 Å². The highest BCUT2D eigenvalue weighted by Crippen LogP contribution is 2.20. The maximum absolute atomic E-state index is 12.6. The van der Waals surface area contributed by atoms with Crippen LogP contribution in [0.5, 0.6) is 5.75 Å². The van der Waals surface area contributed by atoms with E-state index in [-0.39, 0.29) is 6.03 Å². The zero-order valence-electron chi connectivity index (χ0n) is 16.7. The van der Waals surface area contributed by atoms with Gasteiger partial charge in [-0.2, -0.15) is 0 Å². The van der Waals surface area contributed by atoms with Crippen LogP contribution in [0, 0.1) is 0 Å². The summed E-state index contributed by atoms with van der Waals surface area (Å²) in [6.45, 7) is 2.57. The van der Waals surface area contributed by atoms with Gasteiger partial charge in [0.15, 0.2) is 0 Å². The van der Waals surface area contributed by atoms with Crippen LogP contribution in [0.25, 0.3) is 0 Å². The molecule has 2 N–H and O–H groups in total. The largest absolute Gasteiger partial charge is 0.497 e. The van der Waals surface area contributed by atoms with Crippen molar-refractivity contribution in [2.45, 2.75) is 0 Å².